The van der Waals surface area contributed by atoms with Gasteiger partial charge in [0.25, 0.3) is 0 Å². The molecule has 0 spiro atoms. The summed E-state index contributed by atoms with van der Waals surface area (Å²) < 4.78 is 11.7. The average Bonchev–Trinajstić information content (AvgIpc) is 3.06. The number of hydrogen-bond acceptors (Lipinski definition) is 4. The number of carbonyl (C=O) groups is 2. The number of nitrogens with zero attached hydrogens (tertiary/aromatic N) is 1. The van der Waals surface area contributed by atoms with Crippen LogP contribution >= 0.6 is 0 Å². The van der Waals surface area contributed by atoms with Crippen LogP contribution in [0.3, 0.4) is 0 Å². The molecule has 0 fully saturated rings. The molecule has 0 saturated heterocycles. The van der Waals surface area contributed by atoms with Crippen molar-refractivity contribution in [2.24, 2.45) is 7.05 Å². The predicted molar refractivity (Wildman–Crippen MR) is 77.0 cm³/mol. The molecule has 1 N–H and O–H groups in total. The Labute approximate surface area is 122 Å². The summed E-state index contributed by atoms with van der Waals surface area (Å²) >= 11 is 0. The fourth-order valence-corrected chi connectivity index (χ4v) is 1.96. The Hall–Kier alpha value is -2.50. The third-order valence-corrected chi connectivity index (χ3v) is 2.95. The third kappa shape index (κ3) is 3.98. The summed E-state index contributed by atoms with van der Waals surface area (Å²) in [5.41, 5.74) is 0.975. The van der Waals surface area contributed by atoms with Crippen LogP contribution in [0.2, 0.25) is 0 Å². The minimum Gasteiger partial charge on any atom is -0.469 e. The first-order valence-corrected chi connectivity index (χ1v) is 6.76. The fourth-order valence-electron chi connectivity index (χ4n) is 1.96. The lowest BCUT2D eigenvalue weighted by Gasteiger charge is -2.01. The third-order valence-electron chi connectivity index (χ3n) is 2.95. The molecule has 2 aromatic heterocycles. The summed E-state index contributed by atoms with van der Waals surface area (Å²) in [5.74, 6) is 0.230. The van der Waals surface area contributed by atoms with Crippen molar-refractivity contribution >= 4 is 17.6 Å². The van der Waals surface area contributed by atoms with Crippen molar-refractivity contribution < 1.29 is 18.7 Å². The molecule has 6 nitrogen and oxygen atoms in total. The van der Waals surface area contributed by atoms with Crippen LogP contribution in [0.1, 0.15) is 29.6 Å². The molecule has 0 aliphatic rings. The van der Waals surface area contributed by atoms with Gasteiger partial charge in [0.2, 0.25) is 5.91 Å². The molecule has 0 unspecified atom stereocenters. The van der Waals surface area contributed by atoms with Crippen LogP contribution in [-0.2, 0) is 23.0 Å². The zero-order valence-corrected chi connectivity index (χ0v) is 12.1. The zero-order chi connectivity index (χ0) is 15.2. The van der Waals surface area contributed by atoms with Crippen LogP contribution in [0.5, 0.6) is 0 Å². The Bertz CT molecular complexity index is 614. The summed E-state index contributed by atoms with van der Waals surface area (Å²) in [4.78, 5) is 23.5. The lowest BCUT2D eigenvalue weighted by atomic mass is 10.2. The number of amides is 1. The summed E-state index contributed by atoms with van der Waals surface area (Å²) in [6.45, 7) is 2.06. The summed E-state index contributed by atoms with van der Waals surface area (Å²) in [5, 5.41) is 2.75. The second-order valence-corrected chi connectivity index (χ2v) is 4.57. The number of aromatic nitrogens is 1. The van der Waals surface area contributed by atoms with Gasteiger partial charge in [0.05, 0.1) is 18.6 Å². The maximum atomic E-state index is 11.8. The van der Waals surface area contributed by atoms with Crippen LogP contribution in [0.15, 0.2) is 35.1 Å². The summed E-state index contributed by atoms with van der Waals surface area (Å²) in [7, 11) is 1.73. The number of esters is 1. The SMILES string of the molecule is CCOC(=O)c1cc(NC(=O)CCc2ccco2)cn1C. The number of furan rings is 1. The first kappa shape index (κ1) is 14.9. The topological polar surface area (TPSA) is 73.5 Å². The highest BCUT2D eigenvalue weighted by Crippen LogP contribution is 2.14. The first-order chi connectivity index (χ1) is 10.1. The van der Waals surface area contributed by atoms with E-state index in [0.717, 1.165) is 5.76 Å². The van der Waals surface area contributed by atoms with Gasteiger partial charge in [-0.2, -0.15) is 0 Å². The maximum absolute atomic E-state index is 11.8. The van der Waals surface area contributed by atoms with E-state index in [0.29, 0.717) is 30.8 Å². The van der Waals surface area contributed by atoms with Crippen LogP contribution in [0.4, 0.5) is 5.69 Å². The molecule has 112 valence electrons. The van der Waals surface area contributed by atoms with Gasteiger partial charge in [-0.05, 0) is 25.1 Å². The number of nitrogens with one attached hydrogen (secondary N) is 1. The molecule has 21 heavy (non-hydrogen) atoms. The highest BCUT2D eigenvalue weighted by Gasteiger charge is 2.14. The second-order valence-electron chi connectivity index (χ2n) is 4.57. The Balaban J connectivity index is 1.92. The molecule has 2 heterocycles. The lowest BCUT2D eigenvalue weighted by Crippen LogP contribution is -2.11. The van der Waals surface area contributed by atoms with Gasteiger partial charge in [0.15, 0.2) is 0 Å². The molecule has 0 atom stereocenters. The molecule has 1 amide bonds. The monoisotopic (exact) mass is 290 g/mol. The predicted octanol–water partition coefficient (Wildman–Crippen LogP) is 2.37. The number of hydrogen-bond donors (Lipinski definition) is 1. The maximum Gasteiger partial charge on any atom is 0.355 e. The fraction of sp³-hybridized carbons (Fsp3) is 0.333. The van der Waals surface area contributed by atoms with E-state index in [9.17, 15) is 9.59 Å². The van der Waals surface area contributed by atoms with Crippen molar-refractivity contribution in [1.82, 2.24) is 4.57 Å². The van der Waals surface area contributed by atoms with Crippen molar-refractivity contribution in [3.63, 3.8) is 0 Å². The van der Waals surface area contributed by atoms with Gasteiger partial charge < -0.3 is 19.0 Å². The minimum absolute atomic E-state index is 0.132. The van der Waals surface area contributed by atoms with Crippen LogP contribution in [0, 0.1) is 0 Å². The Morgan fingerprint density at radius 2 is 2.24 bits per heavy atom. The van der Waals surface area contributed by atoms with E-state index in [1.807, 2.05) is 6.07 Å². The number of carbonyl (C=O) groups excluding carboxylic acids is 2. The molecule has 0 aliphatic carbocycles. The van der Waals surface area contributed by atoms with Crippen LogP contribution in [-0.4, -0.2) is 23.1 Å². The normalized spacial score (nSPS) is 10.4. The number of rotatable bonds is 6. The molecule has 0 aliphatic heterocycles. The number of anilines is 1. The summed E-state index contributed by atoms with van der Waals surface area (Å²) in [6, 6.07) is 5.22. The molecular weight excluding hydrogens is 272 g/mol. The van der Waals surface area contributed by atoms with Gasteiger partial charge in [-0.25, -0.2) is 4.79 Å². The van der Waals surface area contributed by atoms with Gasteiger partial charge in [0.1, 0.15) is 11.5 Å². The molecule has 2 aromatic rings. The largest absolute Gasteiger partial charge is 0.469 e. The van der Waals surface area contributed by atoms with E-state index in [4.69, 9.17) is 9.15 Å². The Morgan fingerprint density at radius 1 is 1.43 bits per heavy atom. The van der Waals surface area contributed by atoms with Crippen molar-refractivity contribution in [2.75, 3.05) is 11.9 Å². The lowest BCUT2D eigenvalue weighted by molar-refractivity contribution is -0.116. The van der Waals surface area contributed by atoms with Gasteiger partial charge in [0, 0.05) is 26.1 Å². The van der Waals surface area contributed by atoms with Crippen molar-refractivity contribution in [3.05, 3.63) is 42.1 Å². The molecule has 0 radical (unpaired) electrons. The van der Waals surface area contributed by atoms with Crippen LogP contribution in [0.25, 0.3) is 0 Å². The number of ether oxygens (including phenoxy) is 1. The summed E-state index contributed by atoms with van der Waals surface area (Å²) in [6.07, 6.45) is 4.11. The van der Waals surface area contributed by atoms with E-state index in [2.05, 4.69) is 5.32 Å². The number of aryl methyl sites for hydroxylation is 2. The van der Waals surface area contributed by atoms with Gasteiger partial charge in [-0.1, -0.05) is 0 Å². The smallest absolute Gasteiger partial charge is 0.355 e. The van der Waals surface area contributed by atoms with Gasteiger partial charge >= 0.3 is 5.97 Å². The molecule has 0 saturated carbocycles. The van der Waals surface area contributed by atoms with Crippen LogP contribution < -0.4 is 5.32 Å². The van der Waals surface area contributed by atoms with E-state index in [1.165, 1.54) is 0 Å². The quantitative estimate of drug-likeness (QED) is 0.829. The van der Waals surface area contributed by atoms with Gasteiger partial charge in [-0.15, -0.1) is 0 Å². The Morgan fingerprint density at radius 3 is 2.90 bits per heavy atom. The average molecular weight is 290 g/mol. The highest BCUT2D eigenvalue weighted by atomic mass is 16.5. The van der Waals surface area contributed by atoms with E-state index >= 15 is 0 Å². The zero-order valence-electron chi connectivity index (χ0n) is 12.1. The Kier molecular flexibility index (Phi) is 4.81. The van der Waals surface area contributed by atoms with E-state index < -0.39 is 5.97 Å². The van der Waals surface area contributed by atoms with Crippen molar-refractivity contribution in [3.8, 4) is 0 Å². The molecule has 0 aromatic carbocycles. The second kappa shape index (κ2) is 6.78. The van der Waals surface area contributed by atoms with Crippen molar-refractivity contribution in [2.45, 2.75) is 19.8 Å². The molecule has 0 bridgehead atoms. The standard InChI is InChI=1S/C15H18N2O4/c1-3-20-15(19)13-9-11(10-17(13)2)16-14(18)7-6-12-5-4-8-21-12/h4-5,8-10H,3,6-7H2,1-2H3,(H,16,18). The highest BCUT2D eigenvalue weighted by molar-refractivity contribution is 5.94. The van der Waals surface area contributed by atoms with Crippen molar-refractivity contribution in [1.29, 1.82) is 0 Å². The van der Waals surface area contributed by atoms with E-state index in [-0.39, 0.29) is 5.91 Å². The first-order valence-electron chi connectivity index (χ1n) is 6.76. The molecule has 6 heteroatoms. The van der Waals surface area contributed by atoms with E-state index in [1.54, 1.807) is 43.1 Å². The molecule has 2 rings (SSSR count). The van der Waals surface area contributed by atoms with Gasteiger partial charge in [-0.3, -0.25) is 4.79 Å². The minimum atomic E-state index is -0.406. The molecular formula is C15H18N2O4.